The predicted octanol–water partition coefficient (Wildman–Crippen LogP) is 3.25. The topological polar surface area (TPSA) is 89.9 Å². The van der Waals surface area contributed by atoms with E-state index in [0.29, 0.717) is 24.8 Å². The summed E-state index contributed by atoms with van der Waals surface area (Å²) in [4.78, 5) is 38.2. The van der Waals surface area contributed by atoms with Crippen LogP contribution in [0.15, 0.2) is 11.6 Å². The van der Waals surface area contributed by atoms with Crippen molar-refractivity contribution in [1.29, 1.82) is 0 Å². The van der Waals surface area contributed by atoms with Crippen LogP contribution in [-0.4, -0.2) is 47.1 Å². The first-order chi connectivity index (χ1) is 12.8. The fraction of sp³-hybridized carbons (Fsp3) is 0.773. The van der Waals surface area contributed by atoms with Gasteiger partial charge in [-0.05, 0) is 58.6 Å². The minimum absolute atomic E-state index is 0.103. The van der Waals surface area contributed by atoms with Gasteiger partial charge in [-0.15, -0.1) is 0 Å². The average Bonchev–Trinajstić information content (AvgIpc) is 2.62. The number of ketones is 2. The molecule has 0 spiro atoms. The van der Waals surface area contributed by atoms with Crippen LogP contribution in [0.4, 0.5) is 0 Å². The zero-order chi connectivity index (χ0) is 21.9. The third kappa shape index (κ3) is 5.74. The molecule has 0 fully saturated rings. The van der Waals surface area contributed by atoms with Crippen LogP contribution in [0.25, 0.3) is 0 Å². The van der Waals surface area contributed by atoms with Crippen molar-refractivity contribution in [3.8, 4) is 0 Å². The van der Waals surface area contributed by atoms with Gasteiger partial charge in [-0.25, -0.2) is 0 Å². The van der Waals surface area contributed by atoms with Crippen molar-refractivity contribution < 1.29 is 29.0 Å². The average molecular weight is 397 g/mol. The summed E-state index contributed by atoms with van der Waals surface area (Å²) in [6.07, 6.45) is 1.79. The summed E-state index contributed by atoms with van der Waals surface area (Å²) in [7, 11) is 1.56. The van der Waals surface area contributed by atoms with Crippen LogP contribution in [0.5, 0.6) is 0 Å². The van der Waals surface area contributed by atoms with E-state index in [1.165, 1.54) is 19.9 Å². The summed E-state index contributed by atoms with van der Waals surface area (Å²) >= 11 is 0. The van der Waals surface area contributed by atoms with Crippen LogP contribution >= 0.6 is 0 Å². The summed E-state index contributed by atoms with van der Waals surface area (Å²) < 4.78 is 11.1. The lowest BCUT2D eigenvalue weighted by molar-refractivity contribution is -0.166. The van der Waals surface area contributed by atoms with Crippen molar-refractivity contribution in [2.75, 3.05) is 7.11 Å². The predicted molar refractivity (Wildman–Crippen MR) is 107 cm³/mol. The Balaban J connectivity index is 3.42. The normalized spacial score (nSPS) is 41.0. The fourth-order valence-electron chi connectivity index (χ4n) is 4.13. The Morgan fingerprint density at radius 1 is 1.14 bits per heavy atom. The maximum absolute atomic E-state index is 12.9. The zero-order valence-electron chi connectivity index (χ0n) is 18.5. The van der Waals surface area contributed by atoms with E-state index in [2.05, 4.69) is 0 Å². The van der Waals surface area contributed by atoms with E-state index in [0.717, 1.165) is 0 Å². The van der Waals surface area contributed by atoms with Gasteiger partial charge < -0.3 is 14.6 Å². The number of esters is 1. The zero-order valence-corrected chi connectivity index (χ0v) is 18.5. The van der Waals surface area contributed by atoms with E-state index in [9.17, 15) is 19.5 Å². The standard InChI is InChI=1S/C22H36O6/c1-9-17-22(7,26)12-15(4)18(23)13(2)10-21(6,27-8)11-14(3)19(24)16(5)20(25)28-17/h12-14,16-17,26H,9-11H2,1-8H3/b15-12+/t13-,14-,16-,17-,21-,22+/m1/s1. The van der Waals surface area contributed by atoms with E-state index in [-0.39, 0.29) is 17.5 Å². The van der Waals surface area contributed by atoms with Crippen LogP contribution < -0.4 is 0 Å². The Bertz CT molecular complexity index is 635. The van der Waals surface area contributed by atoms with Crippen molar-refractivity contribution in [1.82, 2.24) is 0 Å². The van der Waals surface area contributed by atoms with Gasteiger partial charge in [-0.3, -0.25) is 14.4 Å². The highest BCUT2D eigenvalue weighted by molar-refractivity contribution is 6.00. The van der Waals surface area contributed by atoms with E-state index in [1.54, 1.807) is 27.9 Å². The lowest BCUT2D eigenvalue weighted by atomic mass is 9.79. The van der Waals surface area contributed by atoms with Gasteiger partial charge in [-0.1, -0.05) is 20.8 Å². The smallest absolute Gasteiger partial charge is 0.316 e. The summed E-state index contributed by atoms with van der Waals surface area (Å²) in [5.41, 5.74) is -1.79. The highest BCUT2D eigenvalue weighted by Gasteiger charge is 2.39. The molecule has 160 valence electrons. The van der Waals surface area contributed by atoms with Crippen molar-refractivity contribution in [2.45, 2.75) is 85.0 Å². The number of hydrogen-bond donors (Lipinski definition) is 1. The first-order valence-corrected chi connectivity index (χ1v) is 10.0. The Morgan fingerprint density at radius 3 is 2.18 bits per heavy atom. The monoisotopic (exact) mass is 396 g/mol. The van der Waals surface area contributed by atoms with Crippen LogP contribution in [0.1, 0.15) is 67.7 Å². The molecular formula is C22H36O6. The molecule has 0 aromatic heterocycles. The van der Waals surface area contributed by atoms with Crippen LogP contribution in [0.3, 0.4) is 0 Å². The largest absolute Gasteiger partial charge is 0.458 e. The Kier molecular flexibility index (Phi) is 8.15. The Hall–Kier alpha value is -1.53. The molecule has 0 amide bonds. The highest BCUT2D eigenvalue weighted by atomic mass is 16.6. The number of aliphatic hydroxyl groups is 1. The summed E-state index contributed by atoms with van der Waals surface area (Å²) in [5, 5.41) is 10.9. The second-order valence-corrected chi connectivity index (χ2v) is 8.74. The Morgan fingerprint density at radius 2 is 1.68 bits per heavy atom. The first-order valence-electron chi connectivity index (χ1n) is 10.0. The van der Waals surface area contributed by atoms with Gasteiger partial charge >= 0.3 is 5.97 Å². The molecule has 1 aliphatic rings. The molecule has 0 unspecified atom stereocenters. The number of rotatable bonds is 2. The molecule has 0 aromatic rings. The van der Waals surface area contributed by atoms with Gasteiger partial charge in [0.1, 0.15) is 23.4 Å². The third-order valence-electron chi connectivity index (χ3n) is 5.86. The van der Waals surface area contributed by atoms with E-state index < -0.39 is 35.1 Å². The second-order valence-electron chi connectivity index (χ2n) is 8.74. The minimum Gasteiger partial charge on any atom is -0.458 e. The van der Waals surface area contributed by atoms with Gasteiger partial charge in [0.15, 0.2) is 5.78 Å². The number of carbonyl (C=O) groups excluding carboxylic acids is 3. The number of methoxy groups -OCH3 is 1. The van der Waals surface area contributed by atoms with Gasteiger partial charge in [0.25, 0.3) is 0 Å². The molecule has 0 radical (unpaired) electrons. The van der Waals surface area contributed by atoms with Crippen molar-refractivity contribution in [3.05, 3.63) is 11.6 Å². The molecule has 0 aromatic carbocycles. The van der Waals surface area contributed by atoms with Gasteiger partial charge in [-0.2, -0.15) is 0 Å². The van der Waals surface area contributed by atoms with E-state index in [4.69, 9.17) is 9.47 Å². The van der Waals surface area contributed by atoms with Crippen LogP contribution in [-0.2, 0) is 23.9 Å². The lowest BCUT2D eigenvalue weighted by Crippen LogP contribution is -2.44. The first kappa shape index (κ1) is 24.5. The fourth-order valence-corrected chi connectivity index (χ4v) is 4.13. The maximum atomic E-state index is 12.9. The number of hydrogen-bond acceptors (Lipinski definition) is 6. The molecule has 1 rings (SSSR count). The lowest BCUT2D eigenvalue weighted by Gasteiger charge is -2.35. The van der Waals surface area contributed by atoms with Gasteiger partial charge in [0, 0.05) is 18.9 Å². The van der Waals surface area contributed by atoms with Crippen LogP contribution in [0.2, 0.25) is 0 Å². The molecule has 1 heterocycles. The molecule has 6 atom stereocenters. The van der Waals surface area contributed by atoms with Crippen molar-refractivity contribution >= 4 is 17.5 Å². The third-order valence-corrected chi connectivity index (χ3v) is 5.86. The molecule has 0 saturated carbocycles. The summed E-state index contributed by atoms with van der Waals surface area (Å²) in [6.45, 7) is 11.9. The maximum Gasteiger partial charge on any atom is 0.316 e. The molecule has 6 nitrogen and oxygen atoms in total. The van der Waals surface area contributed by atoms with Crippen molar-refractivity contribution in [3.63, 3.8) is 0 Å². The van der Waals surface area contributed by atoms with Gasteiger partial charge in [0.05, 0.1) is 5.60 Å². The number of ether oxygens (including phenoxy) is 2. The summed E-state index contributed by atoms with van der Waals surface area (Å²) in [6, 6.07) is 0. The molecular weight excluding hydrogens is 360 g/mol. The summed E-state index contributed by atoms with van der Waals surface area (Å²) in [5.74, 6) is -2.71. The number of carbonyl (C=O) groups is 3. The molecule has 28 heavy (non-hydrogen) atoms. The molecule has 0 saturated heterocycles. The van der Waals surface area contributed by atoms with Gasteiger partial charge in [0.2, 0.25) is 0 Å². The molecule has 0 aliphatic carbocycles. The minimum atomic E-state index is -1.52. The molecule has 1 N–H and O–H groups in total. The highest BCUT2D eigenvalue weighted by Crippen LogP contribution is 2.32. The quantitative estimate of drug-likeness (QED) is 0.569. The SMILES string of the molecule is CC[C@H]1OC(=O)[C@H](C)C(=O)[C@H](C)C[C@](C)(OC)C[C@@H](C)C(=O)/C(C)=C/[C@]1(C)O. The Labute approximate surface area is 168 Å². The molecule has 1 aliphatic heterocycles. The van der Waals surface area contributed by atoms with E-state index >= 15 is 0 Å². The molecule has 6 heteroatoms. The van der Waals surface area contributed by atoms with Crippen LogP contribution in [0, 0.1) is 17.8 Å². The number of allylic oxidation sites excluding steroid dienone is 1. The number of cyclic esters (lactones) is 1. The van der Waals surface area contributed by atoms with Crippen molar-refractivity contribution in [2.24, 2.45) is 17.8 Å². The van der Waals surface area contributed by atoms with E-state index in [1.807, 2.05) is 13.8 Å². The second kappa shape index (κ2) is 9.31. The number of Topliss-reactive ketones (excluding diaryl/α,β-unsaturated/α-hetero) is 2. The molecule has 0 bridgehead atoms.